The van der Waals surface area contributed by atoms with Crippen molar-refractivity contribution in [3.63, 3.8) is 0 Å². The lowest BCUT2D eigenvalue weighted by Gasteiger charge is -2.13. The number of hydrogen-bond acceptors (Lipinski definition) is 7. The van der Waals surface area contributed by atoms with Crippen LogP contribution in [0.15, 0.2) is 48.9 Å². The van der Waals surface area contributed by atoms with Gasteiger partial charge in [0.1, 0.15) is 23.4 Å². The summed E-state index contributed by atoms with van der Waals surface area (Å²) in [6.07, 6.45) is 4.88. The fourth-order valence-corrected chi connectivity index (χ4v) is 3.57. The molecule has 0 fully saturated rings. The van der Waals surface area contributed by atoms with E-state index in [0.717, 1.165) is 33.5 Å². The maximum Gasteiger partial charge on any atom is 0.222 e. The van der Waals surface area contributed by atoms with Crippen molar-refractivity contribution in [2.45, 2.75) is 20.0 Å². The summed E-state index contributed by atoms with van der Waals surface area (Å²) in [6.45, 7) is 3.85. The molecule has 4 aromatic rings. The molecule has 9 heteroatoms. The Kier molecular flexibility index (Phi) is 6.50. The molecule has 0 aromatic carbocycles. The van der Waals surface area contributed by atoms with Crippen LogP contribution in [-0.4, -0.2) is 52.8 Å². The molecule has 0 saturated carbocycles. The Morgan fingerprint density at radius 1 is 1.09 bits per heavy atom. The molecule has 4 aromatic heterocycles. The van der Waals surface area contributed by atoms with Gasteiger partial charge in [0.05, 0.1) is 54.1 Å². The van der Waals surface area contributed by atoms with E-state index in [4.69, 9.17) is 14.2 Å². The quantitative estimate of drug-likeness (QED) is 0.419. The number of fused-ring (bicyclic) bond motifs is 1. The van der Waals surface area contributed by atoms with Crippen molar-refractivity contribution < 1.29 is 19.0 Å². The minimum Gasteiger partial charge on any atom is -0.495 e. The number of H-pyrrole nitrogens is 1. The Labute approximate surface area is 191 Å². The van der Waals surface area contributed by atoms with Gasteiger partial charge in [0.2, 0.25) is 5.91 Å². The van der Waals surface area contributed by atoms with Gasteiger partial charge in [0.15, 0.2) is 0 Å². The van der Waals surface area contributed by atoms with Gasteiger partial charge in [-0.25, -0.2) is 4.98 Å². The number of carbonyl (C=O) groups is 1. The van der Waals surface area contributed by atoms with Crippen molar-refractivity contribution >= 4 is 22.8 Å². The molecule has 1 unspecified atom stereocenters. The van der Waals surface area contributed by atoms with E-state index in [1.54, 1.807) is 38.9 Å². The number of aromatic amines is 1. The molecule has 1 atom stereocenters. The second-order valence-corrected chi connectivity index (χ2v) is 7.52. The molecule has 170 valence electrons. The number of methoxy groups -OCH3 is 2. The molecule has 0 aliphatic rings. The largest absolute Gasteiger partial charge is 0.495 e. The van der Waals surface area contributed by atoms with Crippen molar-refractivity contribution in [1.82, 2.24) is 19.9 Å². The first-order chi connectivity index (χ1) is 16.0. The van der Waals surface area contributed by atoms with Gasteiger partial charge in [-0.3, -0.25) is 14.8 Å². The molecule has 33 heavy (non-hydrogen) atoms. The Morgan fingerprint density at radius 3 is 2.61 bits per heavy atom. The van der Waals surface area contributed by atoms with Crippen molar-refractivity contribution in [1.29, 1.82) is 0 Å². The van der Waals surface area contributed by atoms with Gasteiger partial charge >= 0.3 is 0 Å². The number of carbonyl (C=O) groups excluding carboxylic acids is 1. The van der Waals surface area contributed by atoms with Gasteiger partial charge < -0.3 is 24.5 Å². The molecule has 1 amide bonds. The third-order valence-electron chi connectivity index (χ3n) is 4.93. The number of hydrogen-bond donors (Lipinski definition) is 2. The van der Waals surface area contributed by atoms with Crippen LogP contribution in [0.1, 0.15) is 13.8 Å². The van der Waals surface area contributed by atoms with Crippen molar-refractivity contribution in [2.75, 3.05) is 26.1 Å². The summed E-state index contributed by atoms with van der Waals surface area (Å²) < 4.78 is 16.3. The van der Waals surface area contributed by atoms with Crippen LogP contribution in [0.5, 0.6) is 11.5 Å². The van der Waals surface area contributed by atoms with Crippen LogP contribution in [0.25, 0.3) is 33.5 Å². The summed E-state index contributed by atoms with van der Waals surface area (Å²) >= 11 is 0. The zero-order valence-electron chi connectivity index (χ0n) is 18.9. The van der Waals surface area contributed by atoms with Crippen LogP contribution < -0.4 is 14.8 Å². The first-order valence-corrected chi connectivity index (χ1v) is 10.4. The standard InChI is InChI=1S/C24H25N5O4/c1-14(13-31-3)33-18-10-20-24(27-12-18)22(19-6-5-17(32-4)11-26-19)23(29-20)16-7-8-25-21(9-16)28-15(2)30/h5-12,14,29H,13H2,1-4H3,(H,25,28,30). The fourth-order valence-electron chi connectivity index (χ4n) is 3.57. The second-order valence-electron chi connectivity index (χ2n) is 7.52. The average Bonchev–Trinajstić information content (AvgIpc) is 3.18. The third-order valence-corrected chi connectivity index (χ3v) is 4.93. The second kappa shape index (κ2) is 9.66. The van der Waals surface area contributed by atoms with E-state index >= 15 is 0 Å². The monoisotopic (exact) mass is 447 g/mol. The predicted octanol–water partition coefficient (Wildman–Crippen LogP) is 4.07. The summed E-state index contributed by atoms with van der Waals surface area (Å²) in [6, 6.07) is 9.30. The molecule has 4 rings (SSSR count). The predicted molar refractivity (Wildman–Crippen MR) is 125 cm³/mol. The van der Waals surface area contributed by atoms with Crippen molar-refractivity contribution in [3.8, 4) is 34.0 Å². The van der Waals surface area contributed by atoms with Crippen LogP contribution in [-0.2, 0) is 9.53 Å². The molecular weight excluding hydrogens is 422 g/mol. The van der Waals surface area contributed by atoms with Crippen molar-refractivity contribution in [2.24, 2.45) is 0 Å². The van der Waals surface area contributed by atoms with E-state index < -0.39 is 0 Å². The van der Waals surface area contributed by atoms with Crippen LogP contribution in [0.4, 0.5) is 5.82 Å². The van der Waals surface area contributed by atoms with Crippen LogP contribution in [0.3, 0.4) is 0 Å². The maximum atomic E-state index is 11.5. The lowest BCUT2D eigenvalue weighted by molar-refractivity contribution is -0.114. The Bertz CT molecular complexity index is 1270. The van der Waals surface area contributed by atoms with E-state index in [1.807, 2.05) is 31.2 Å². The third kappa shape index (κ3) is 4.93. The van der Waals surface area contributed by atoms with Gasteiger partial charge in [0, 0.05) is 31.9 Å². The Morgan fingerprint density at radius 2 is 1.91 bits per heavy atom. The highest BCUT2D eigenvalue weighted by molar-refractivity contribution is 6.01. The Hall–Kier alpha value is -3.98. The van der Waals surface area contributed by atoms with Gasteiger partial charge in [-0.1, -0.05) is 0 Å². The van der Waals surface area contributed by atoms with Gasteiger partial charge in [-0.15, -0.1) is 0 Å². The highest BCUT2D eigenvalue weighted by atomic mass is 16.5. The lowest BCUT2D eigenvalue weighted by Crippen LogP contribution is -2.17. The average molecular weight is 447 g/mol. The van der Waals surface area contributed by atoms with Crippen LogP contribution in [0.2, 0.25) is 0 Å². The first kappa shape index (κ1) is 22.2. The lowest BCUT2D eigenvalue weighted by atomic mass is 10.0. The van der Waals surface area contributed by atoms with Crippen LogP contribution >= 0.6 is 0 Å². The smallest absolute Gasteiger partial charge is 0.222 e. The van der Waals surface area contributed by atoms with Crippen molar-refractivity contribution in [3.05, 3.63) is 48.9 Å². The van der Waals surface area contributed by atoms with E-state index in [1.165, 1.54) is 6.92 Å². The topological polar surface area (TPSA) is 111 Å². The summed E-state index contributed by atoms with van der Waals surface area (Å²) in [7, 11) is 3.23. The van der Waals surface area contributed by atoms with E-state index in [2.05, 4.69) is 25.3 Å². The summed E-state index contributed by atoms with van der Waals surface area (Å²) in [5.41, 5.74) is 4.71. The molecule has 2 N–H and O–H groups in total. The number of ether oxygens (including phenoxy) is 3. The molecule has 0 aliphatic carbocycles. The zero-order valence-corrected chi connectivity index (χ0v) is 18.9. The molecule has 9 nitrogen and oxygen atoms in total. The summed E-state index contributed by atoms with van der Waals surface area (Å²) in [5, 5.41) is 2.72. The van der Waals surface area contributed by atoms with E-state index in [0.29, 0.717) is 23.9 Å². The number of anilines is 1. The molecule has 0 spiro atoms. The molecule has 0 aliphatic heterocycles. The number of amides is 1. The highest BCUT2D eigenvalue weighted by Crippen LogP contribution is 2.38. The SMILES string of the molecule is COCC(C)Oc1cnc2c(-c3ccc(OC)cn3)c(-c3ccnc(NC(C)=O)c3)[nH]c2c1. The summed E-state index contributed by atoms with van der Waals surface area (Å²) in [4.78, 5) is 28.4. The number of rotatable bonds is 8. The zero-order chi connectivity index (χ0) is 23.4. The number of aromatic nitrogens is 4. The number of nitrogens with one attached hydrogen (secondary N) is 2. The van der Waals surface area contributed by atoms with E-state index in [-0.39, 0.29) is 12.0 Å². The number of pyridine rings is 3. The van der Waals surface area contributed by atoms with E-state index in [9.17, 15) is 4.79 Å². The minimum absolute atomic E-state index is 0.119. The van der Waals surface area contributed by atoms with Gasteiger partial charge in [0.25, 0.3) is 0 Å². The normalized spacial score (nSPS) is 11.9. The van der Waals surface area contributed by atoms with Gasteiger partial charge in [-0.2, -0.15) is 0 Å². The summed E-state index contributed by atoms with van der Waals surface area (Å²) in [5.74, 6) is 1.55. The van der Waals surface area contributed by atoms with Crippen LogP contribution in [0, 0.1) is 0 Å². The first-order valence-electron chi connectivity index (χ1n) is 10.4. The fraction of sp³-hybridized carbons (Fsp3) is 0.250. The molecule has 0 radical (unpaired) electrons. The van der Waals surface area contributed by atoms with Gasteiger partial charge in [-0.05, 0) is 31.2 Å². The molecule has 0 bridgehead atoms. The highest BCUT2D eigenvalue weighted by Gasteiger charge is 2.19. The molecule has 0 saturated heterocycles. The molecule has 4 heterocycles. The molecular formula is C24H25N5O4. The number of nitrogens with zero attached hydrogens (tertiary/aromatic N) is 3. The Balaban J connectivity index is 1.85. The minimum atomic E-state index is -0.193. The maximum absolute atomic E-state index is 11.5.